The van der Waals surface area contributed by atoms with Gasteiger partial charge in [-0.05, 0) is 74.5 Å². The van der Waals surface area contributed by atoms with Crippen LogP contribution in [0.4, 0.5) is 5.69 Å². The van der Waals surface area contributed by atoms with Crippen LogP contribution in [0.1, 0.15) is 38.5 Å². The van der Waals surface area contributed by atoms with E-state index in [2.05, 4.69) is 5.32 Å². The van der Waals surface area contributed by atoms with Crippen molar-refractivity contribution < 1.29 is 14.3 Å². The maximum Gasteiger partial charge on any atom is 0.312 e. The summed E-state index contributed by atoms with van der Waals surface area (Å²) in [6, 6.07) is 4.80. The third-order valence-electron chi connectivity index (χ3n) is 5.95. The van der Waals surface area contributed by atoms with E-state index in [1.807, 2.05) is 0 Å². The SMILES string of the molecule is O=C(COC(=O)C12CC3CC(CC(C3)C1)C2)Nc1cc(Cl)cc(Cl)c1. The zero-order valence-corrected chi connectivity index (χ0v) is 15.4. The molecule has 6 heteroatoms. The van der Waals surface area contributed by atoms with Crippen molar-refractivity contribution in [1.29, 1.82) is 0 Å². The smallest absolute Gasteiger partial charge is 0.312 e. The quantitative estimate of drug-likeness (QED) is 0.769. The minimum Gasteiger partial charge on any atom is -0.455 e. The van der Waals surface area contributed by atoms with Crippen molar-refractivity contribution >= 4 is 40.8 Å². The molecule has 0 aromatic heterocycles. The number of carbonyl (C=O) groups is 2. The van der Waals surface area contributed by atoms with Gasteiger partial charge < -0.3 is 10.1 Å². The predicted octanol–water partition coefficient (Wildman–Crippen LogP) is 4.69. The molecule has 4 fully saturated rings. The summed E-state index contributed by atoms with van der Waals surface area (Å²) in [6.45, 7) is -0.273. The Hall–Kier alpha value is -1.26. The first kappa shape index (κ1) is 17.2. The van der Waals surface area contributed by atoms with Gasteiger partial charge in [-0.2, -0.15) is 0 Å². The van der Waals surface area contributed by atoms with Crippen LogP contribution in [0.3, 0.4) is 0 Å². The molecule has 4 saturated carbocycles. The van der Waals surface area contributed by atoms with E-state index in [0.717, 1.165) is 19.3 Å². The van der Waals surface area contributed by atoms with Crippen LogP contribution in [0.25, 0.3) is 0 Å². The van der Waals surface area contributed by atoms with Gasteiger partial charge in [0.1, 0.15) is 0 Å². The summed E-state index contributed by atoms with van der Waals surface area (Å²) in [7, 11) is 0. The minimum atomic E-state index is -0.378. The summed E-state index contributed by atoms with van der Waals surface area (Å²) >= 11 is 11.8. The van der Waals surface area contributed by atoms with Gasteiger partial charge in [-0.3, -0.25) is 9.59 Å². The summed E-state index contributed by atoms with van der Waals surface area (Å²) in [5, 5.41) is 3.54. The van der Waals surface area contributed by atoms with E-state index in [-0.39, 0.29) is 23.9 Å². The summed E-state index contributed by atoms with van der Waals surface area (Å²) in [6.07, 6.45) is 6.60. The van der Waals surface area contributed by atoms with Gasteiger partial charge >= 0.3 is 5.97 Å². The lowest BCUT2D eigenvalue weighted by Crippen LogP contribution is -2.50. The predicted molar refractivity (Wildman–Crippen MR) is 96.7 cm³/mol. The second kappa shape index (κ2) is 6.48. The van der Waals surface area contributed by atoms with Crippen molar-refractivity contribution in [3.05, 3.63) is 28.2 Å². The molecule has 25 heavy (non-hydrogen) atoms. The second-order valence-electron chi connectivity index (χ2n) is 7.98. The van der Waals surface area contributed by atoms with E-state index in [1.165, 1.54) is 19.3 Å². The molecular formula is C19H21Cl2NO3. The van der Waals surface area contributed by atoms with E-state index >= 15 is 0 Å². The lowest BCUT2D eigenvalue weighted by atomic mass is 9.49. The van der Waals surface area contributed by atoms with Crippen LogP contribution in [0.5, 0.6) is 0 Å². The van der Waals surface area contributed by atoms with Gasteiger partial charge in [0.25, 0.3) is 5.91 Å². The topological polar surface area (TPSA) is 55.4 Å². The van der Waals surface area contributed by atoms with Crippen molar-refractivity contribution in [2.75, 3.05) is 11.9 Å². The van der Waals surface area contributed by atoms with Gasteiger partial charge in [0, 0.05) is 15.7 Å². The van der Waals surface area contributed by atoms with E-state index in [0.29, 0.717) is 33.5 Å². The molecule has 0 aliphatic heterocycles. The van der Waals surface area contributed by atoms with Crippen LogP contribution in [0.15, 0.2) is 18.2 Å². The Labute approximate surface area is 157 Å². The van der Waals surface area contributed by atoms with Crippen LogP contribution < -0.4 is 5.32 Å². The van der Waals surface area contributed by atoms with Crippen LogP contribution >= 0.6 is 23.2 Å². The average molecular weight is 382 g/mol. The average Bonchev–Trinajstić information content (AvgIpc) is 2.50. The van der Waals surface area contributed by atoms with Crippen LogP contribution in [0, 0.1) is 23.2 Å². The van der Waals surface area contributed by atoms with Crippen molar-refractivity contribution in [2.45, 2.75) is 38.5 Å². The van der Waals surface area contributed by atoms with Gasteiger partial charge in [0.15, 0.2) is 6.61 Å². The number of anilines is 1. The molecule has 1 N–H and O–H groups in total. The fraction of sp³-hybridized carbons (Fsp3) is 0.579. The normalized spacial score (nSPS) is 32.5. The highest BCUT2D eigenvalue weighted by Crippen LogP contribution is 2.60. The molecule has 0 radical (unpaired) electrons. The van der Waals surface area contributed by atoms with E-state index in [9.17, 15) is 9.59 Å². The molecule has 4 bridgehead atoms. The number of nitrogens with one attached hydrogen (secondary N) is 1. The summed E-state index contributed by atoms with van der Waals surface area (Å²) in [5.74, 6) is 1.44. The first-order chi connectivity index (χ1) is 11.9. The molecule has 0 heterocycles. The highest BCUT2D eigenvalue weighted by molar-refractivity contribution is 6.35. The largest absolute Gasteiger partial charge is 0.455 e. The molecule has 5 rings (SSSR count). The lowest BCUT2D eigenvalue weighted by molar-refractivity contribution is -0.172. The Balaban J connectivity index is 1.35. The summed E-state index contributed by atoms with van der Waals surface area (Å²) < 4.78 is 5.40. The molecule has 0 unspecified atom stereocenters. The fourth-order valence-electron chi connectivity index (χ4n) is 5.47. The van der Waals surface area contributed by atoms with E-state index in [1.54, 1.807) is 18.2 Å². The summed E-state index contributed by atoms with van der Waals surface area (Å²) in [4.78, 5) is 24.8. The minimum absolute atomic E-state index is 0.189. The number of amides is 1. The van der Waals surface area contributed by atoms with Crippen LogP contribution in [-0.4, -0.2) is 18.5 Å². The van der Waals surface area contributed by atoms with Gasteiger partial charge in [-0.1, -0.05) is 23.2 Å². The fourth-order valence-corrected chi connectivity index (χ4v) is 5.99. The standard InChI is InChI=1S/C19H21Cl2NO3/c20-14-4-15(21)6-16(5-14)22-17(23)10-25-18(24)19-7-11-1-12(8-19)3-13(2-11)9-19/h4-6,11-13H,1-3,7-10H2,(H,22,23). The third-order valence-corrected chi connectivity index (χ3v) is 6.39. The van der Waals surface area contributed by atoms with Gasteiger partial charge in [0.05, 0.1) is 5.41 Å². The number of benzene rings is 1. The van der Waals surface area contributed by atoms with Gasteiger partial charge in [-0.15, -0.1) is 0 Å². The summed E-state index contributed by atoms with van der Waals surface area (Å²) in [5.41, 5.74) is 0.155. The first-order valence-corrected chi connectivity index (χ1v) is 9.61. The molecule has 0 spiro atoms. The number of esters is 1. The number of halogens is 2. The number of rotatable bonds is 4. The molecule has 4 aliphatic rings. The Morgan fingerprint density at radius 1 is 1.00 bits per heavy atom. The molecule has 1 aromatic rings. The van der Waals surface area contributed by atoms with Crippen LogP contribution in [0.2, 0.25) is 10.0 Å². The number of carbonyl (C=O) groups excluding carboxylic acids is 2. The molecule has 0 atom stereocenters. The Bertz CT molecular complexity index is 663. The molecule has 0 saturated heterocycles. The zero-order chi connectivity index (χ0) is 17.6. The maximum absolute atomic E-state index is 12.7. The zero-order valence-electron chi connectivity index (χ0n) is 13.9. The molecule has 1 aromatic carbocycles. The Morgan fingerprint density at radius 3 is 2.04 bits per heavy atom. The molecule has 4 aliphatic carbocycles. The first-order valence-electron chi connectivity index (χ1n) is 8.85. The Kier molecular flexibility index (Phi) is 4.45. The Morgan fingerprint density at radius 2 is 1.52 bits per heavy atom. The highest BCUT2D eigenvalue weighted by atomic mass is 35.5. The monoisotopic (exact) mass is 381 g/mol. The number of hydrogen-bond donors (Lipinski definition) is 1. The number of ether oxygens (including phenoxy) is 1. The lowest BCUT2D eigenvalue weighted by Gasteiger charge is -2.55. The van der Waals surface area contributed by atoms with Gasteiger partial charge in [0.2, 0.25) is 0 Å². The number of hydrogen-bond acceptors (Lipinski definition) is 3. The highest BCUT2D eigenvalue weighted by Gasteiger charge is 2.55. The van der Waals surface area contributed by atoms with E-state index < -0.39 is 0 Å². The molecule has 134 valence electrons. The molecule has 1 amide bonds. The molecule has 4 nitrogen and oxygen atoms in total. The van der Waals surface area contributed by atoms with Crippen molar-refractivity contribution in [3.8, 4) is 0 Å². The molecular weight excluding hydrogens is 361 g/mol. The van der Waals surface area contributed by atoms with E-state index in [4.69, 9.17) is 27.9 Å². The van der Waals surface area contributed by atoms with Gasteiger partial charge in [-0.25, -0.2) is 0 Å². The van der Waals surface area contributed by atoms with Crippen molar-refractivity contribution in [2.24, 2.45) is 23.2 Å². The van der Waals surface area contributed by atoms with Crippen LogP contribution in [-0.2, 0) is 14.3 Å². The maximum atomic E-state index is 12.7. The third kappa shape index (κ3) is 3.52. The van der Waals surface area contributed by atoms with Crippen molar-refractivity contribution in [1.82, 2.24) is 0 Å². The van der Waals surface area contributed by atoms with Crippen molar-refractivity contribution in [3.63, 3.8) is 0 Å². The second-order valence-corrected chi connectivity index (χ2v) is 8.85.